The smallest absolute Gasteiger partial charge is 0.163 e. The van der Waals surface area contributed by atoms with Crippen LogP contribution in [0.5, 0.6) is 0 Å². The minimum Gasteiger partial charge on any atom is -0.383 e. The van der Waals surface area contributed by atoms with Crippen molar-refractivity contribution in [2.75, 3.05) is 5.73 Å². The summed E-state index contributed by atoms with van der Waals surface area (Å²) in [6.45, 7) is 6.17. The Morgan fingerprint density at radius 3 is 2.87 bits per heavy atom. The highest BCUT2D eigenvalue weighted by molar-refractivity contribution is 5.87. The molecular weight excluding hydrogens is 190 g/mol. The molecule has 0 aliphatic rings. The van der Waals surface area contributed by atoms with Gasteiger partial charge in [-0.05, 0) is 20.3 Å². The van der Waals surface area contributed by atoms with E-state index in [1.165, 1.54) is 6.33 Å². The average Bonchev–Trinajstić information content (AvgIpc) is 2.56. The molecule has 2 aromatic heterocycles. The molecule has 0 aromatic carbocycles. The first-order valence-electron chi connectivity index (χ1n) is 5.10. The summed E-state index contributed by atoms with van der Waals surface area (Å²) in [6, 6.07) is 0.329. The van der Waals surface area contributed by atoms with Crippen molar-refractivity contribution in [3.63, 3.8) is 0 Å². The first kappa shape index (κ1) is 9.89. The summed E-state index contributed by atoms with van der Waals surface area (Å²) >= 11 is 0. The van der Waals surface area contributed by atoms with Crippen LogP contribution in [0.25, 0.3) is 11.0 Å². The molecule has 0 unspecified atom stereocenters. The van der Waals surface area contributed by atoms with Gasteiger partial charge in [-0.2, -0.15) is 5.10 Å². The van der Waals surface area contributed by atoms with E-state index in [1.54, 1.807) is 0 Å². The maximum atomic E-state index is 5.81. The van der Waals surface area contributed by atoms with Crippen molar-refractivity contribution in [2.45, 2.75) is 33.2 Å². The first-order chi connectivity index (χ1) is 7.15. The van der Waals surface area contributed by atoms with E-state index in [4.69, 9.17) is 5.73 Å². The third kappa shape index (κ3) is 1.44. The second-order valence-corrected chi connectivity index (χ2v) is 3.74. The van der Waals surface area contributed by atoms with E-state index >= 15 is 0 Å². The molecule has 2 N–H and O–H groups in total. The van der Waals surface area contributed by atoms with Crippen LogP contribution in [0.4, 0.5) is 5.82 Å². The largest absolute Gasteiger partial charge is 0.383 e. The molecule has 2 rings (SSSR count). The molecule has 2 aromatic rings. The monoisotopic (exact) mass is 205 g/mol. The molecule has 0 fully saturated rings. The Bertz CT molecular complexity index is 488. The minimum absolute atomic E-state index is 0.329. The Labute approximate surface area is 88.3 Å². The summed E-state index contributed by atoms with van der Waals surface area (Å²) < 4.78 is 1.92. The maximum absolute atomic E-state index is 5.81. The van der Waals surface area contributed by atoms with E-state index in [0.29, 0.717) is 11.9 Å². The highest BCUT2D eigenvalue weighted by Crippen LogP contribution is 2.23. The predicted octanol–water partition coefficient (Wildman–Crippen LogP) is 1.69. The molecule has 0 saturated heterocycles. The molecule has 0 spiro atoms. The Kier molecular flexibility index (Phi) is 2.30. The van der Waals surface area contributed by atoms with Gasteiger partial charge < -0.3 is 5.73 Å². The second kappa shape index (κ2) is 3.49. The van der Waals surface area contributed by atoms with Crippen molar-refractivity contribution in [3.8, 4) is 0 Å². The third-order valence-corrected chi connectivity index (χ3v) is 2.70. The lowest BCUT2D eigenvalue weighted by atomic mass is 10.2. The van der Waals surface area contributed by atoms with E-state index in [9.17, 15) is 0 Å². The van der Waals surface area contributed by atoms with E-state index in [2.05, 4.69) is 28.9 Å². The molecule has 0 amide bonds. The quantitative estimate of drug-likeness (QED) is 0.809. The SMILES string of the molecule is CC[C@H](C)n1nc(C)c2c(N)ncnc21. The van der Waals surface area contributed by atoms with Gasteiger partial charge in [0.1, 0.15) is 12.1 Å². The van der Waals surface area contributed by atoms with E-state index in [0.717, 1.165) is 23.1 Å². The van der Waals surface area contributed by atoms with Crippen molar-refractivity contribution in [2.24, 2.45) is 0 Å². The fourth-order valence-corrected chi connectivity index (χ4v) is 1.65. The van der Waals surface area contributed by atoms with Gasteiger partial charge in [0.05, 0.1) is 17.1 Å². The van der Waals surface area contributed by atoms with Gasteiger partial charge in [0.2, 0.25) is 0 Å². The summed E-state index contributed by atoms with van der Waals surface area (Å²) in [4.78, 5) is 8.22. The van der Waals surface area contributed by atoms with Gasteiger partial charge in [-0.25, -0.2) is 14.6 Å². The van der Waals surface area contributed by atoms with Crippen LogP contribution in [0.1, 0.15) is 32.0 Å². The topological polar surface area (TPSA) is 69.6 Å². The Hall–Kier alpha value is -1.65. The van der Waals surface area contributed by atoms with E-state index < -0.39 is 0 Å². The number of nitrogens with two attached hydrogens (primary N) is 1. The predicted molar refractivity (Wildman–Crippen MR) is 59.5 cm³/mol. The second-order valence-electron chi connectivity index (χ2n) is 3.74. The summed E-state index contributed by atoms with van der Waals surface area (Å²) in [7, 11) is 0. The molecule has 0 saturated carbocycles. The fraction of sp³-hybridized carbons (Fsp3) is 0.500. The van der Waals surface area contributed by atoms with Crippen molar-refractivity contribution < 1.29 is 0 Å². The van der Waals surface area contributed by atoms with Crippen LogP contribution in [-0.4, -0.2) is 19.7 Å². The standard InChI is InChI=1S/C10H15N5/c1-4-6(2)15-10-8(7(3)14-15)9(11)12-5-13-10/h5-6H,4H2,1-3H3,(H2,11,12,13)/t6-/m0/s1. The first-order valence-corrected chi connectivity index (χ1v) is 5.10. The summed E-state index contributed by atoms with van der Waals surface area (Å²) in [5.74, 6) is 0.507. The number of aromatic nitrogens is 4. The summed E-state index contributed by atoms with van der Waals surface area (Å²) in [5.41, 5.74) is 7.53. The van der Waals surface area contributed by atoms with Gasteiger partial charge in [-0.15, -0.1) is 0 Å². The van der Waals surface area contributed by atoms with Gasteiger partial charge in [-0.1, -0.05) is 6.92 Å². The van der Waals surface area contributed by atoms with Crippen molar-refractivity contribution in [3.05, 3.63) is 12.0 Å². The lowest BCUT2D eigenvalue weighted by molar-refractivity contribution is 0.487. The van der Waals surface area contributed by atoms with Crippen LogP contribution >= 0.6 is 0 Å². The van der Waals surface area contributed by atoms with Gasteiger partial charge in [0.15, 0.2) is 5.65 Å². The number of nitrogens with zero attached hydrogens (tertiary/aromatic N) is 4. The zero-order valence-corrected chi connectivity index (χ0v) is 9.23. The number of aryl methyl sites for hydroxylation is 1. The number of rotatable bonds is 2. The zero-order chi connectivity index (χ0) is 11.0. The molecular formula is C10H15N5. The molecule has 5 heteroatoms. The average molecular weight is 205 g/mol. The van der Waals surface area contributed by atoms with Gasteiger partial charge in [0.25, 0.3) is 0 Å². The molecule has 1 atom stereocenters. The van der Waals surface area contributed by atoms with Crippen LogP contribution in [0, 0.1) is 6.92 Å². The number of nitrogen functional groups attached to an aromatic ring is 1. The number of anilines is 1. The van der Waals surface area contributed by atoms with Gasteiger partial charge in [0, 0.05) is 0 Å². The summed E-state index contributed by atoms with van der Waals surface area (Å²) in [5, 5.41) is 5.33. The summed E-state index contributed by atoms with van der Waals surface area (Å²) in [6.07, 6.45) is 2.50. The molecule has 0 aliphatic heterocycles. The number of hydrogen-bond acceptors (Lipinski definition) is 4. The number of fused-ring (bicyclic) bond motifs is 1. The Morgan fingerprint density at radius 2 is 2.20 bits per heavy atom. The normalized spacial score (nSPS) is 13.3. The lowest BCUT2D eigenvalue weighted by Crippen LogP contribution is -2.06. The molecule has 0 radical (unpaired) electrons. The van der Waals surface area contributed by atoms with Crippen LogP contribution in [0.3, 0.4) is 0 Å². The highest BCUT2D eigenvalue weighted by Gasteiger charge is 2.14. The van der Waals surface area contributed by atoms with Crippen LogP contribution in [0.15, 0.2) is 6.33 Å². The fourth-order valence-electron chi connectivity index (χ4n) is 1.65. The van der Waals surface area contributed by atoms with Gasteiger partial charge >= 0.3 is 0 Å². The van der Waals surface area contributed by atoms with E-state index in [1.807, 2.05) is 11.6 Å². The van der Waals surface area contributed by atoms with Crippen LogP contribution < -0.4 is 5.73 Å². The third-order valence-electron chi connectivity index (χ3n) is 2.70. The molecule has 2 heterocycles. The van der Waals surface area contributed by atoms with E-state index in [-0.39, 0.29) is 0 Å². The van der Waals surface area contributed by atoms with Crippen molar-refractivity contribution in [1.29, 1.82) is 0 Å². The minimum atomic E-state index is 0.329. The Balaban J connectivity index is 2.73. The highest BCUT2D eigenvalue weighted by atomic mass is 15.3. The molecule has 80 valence electrons. The zero-order valence-electron chi connectivity index (χ0n) is 9.23. The van der Waals surface area contributed by atoms with Crippen molar-refractivity contribution in [1.82, 2.24) is 19.7 Å². The van der Waals surface area contributed by atoms with Crippen LogP contribution in [-0.2, 0) is 0 Å². The van der Waals surface area contributed by atoms with Crippen molar-refractivity contribution >= 4 is 16.9 Å². The molecule has 0 aliphatic carbocycles. The van der Waals surface area contributed by atoms with Gasteiger partial charge in [-0.3, -0.25) is 0 Å². The molecule has 5 nitrogen and oxygen atoms in total. The Morgan fingerprint density at radius 1 is 1.47 bits per heavy atom. The van der Waals surface area contributed by atoms with Crippen LogP contribution in [0.2, 0.25) is 0 Å². The lowest BCUT2D eigenvalue weighted by Gasteiger charge is -2.09. The number of hydrogen-bond donors (Lipinski definition) is 1. The molecule has 0 bridgehead atoms. The molecule has 15 heavy (non-hydrogen) atoms. The maximum Gasteiger partial charge on any atom is 0.163 e.